The first kappa shape index (κ1) is 18.1. The Kier molecular flexibility index (Phi) is 4.28. The molecular formula is C18H23BF2N2O2. The molecule has 2 heterocycles. The van der Waals surface area contributed by atoms with Gasteiger partial charge in [-0.1, -0.05) is 6.07 Å². The zero-order chi connectivity index (χ0) is 18.6. The molecule has 1 saturated heterocycles. The maximum Gasteiger partial charge on any atom is 0.498 e. The Morgan fingerprint density at radius 1 is 1.08 bits per heavy atom. The van der Waals surface area contributed by atoms with Gasteiger partial charge in [-0.05, 0) is 47.6 Å². The lowest BCUT2D eigenvalue weighted by Gasteiger charge is -2.32. The van der Waals surface area contributed by atoms with Crippen LogP contribution in [0.25, 0.3) is 0 Å². The molecule has 25 heavy (non-hydrogen) atoms. The van der Waals surface area contributed by atoms with Gasteiger partial charge in [-0.3, -0.25) is 4.68 Å². The van der Waals surface area contributed by atoms with Gasteiger partial charge in [0.15, 0.2) is 0 Å². The molecule has 0 N–H and O–H groups in total. The summed E-state index contributed by atoms with van der Waals surface area (Å²) in [6.07, 6.45) is 0. The Morgan fingerprint density at radius 2 is 1.68 bits per heavy atom. The normalized spacial score (nSPS) is 18.8. The van der Waals surface area contributed by atoms with E-state index < -0.39 is 30.0 Å². The van der Waals surface area contributed by atoms with Crippen LogP contribution < -0.4 is 5.46 Å². The number of aromatic nitrogens is 2. The number of nitrogens with zero attached hydrogens (tertiary/aromatic N) is 2. The highest BCUT2D eigenvalue weighted by Gasteiger charge is 2.53. The van der Waals surface area contributed by atoms with Crippen molar-refractivity contribution in [3.63, 3.8) is 0 Å². The van der Waals surface area contributed by atoms with E-state index in [0.29, 0.717) is 5.56 Å². The van der Waals surface area contributed by atoms with Gasteiger partial charge < -0.3 is 9.31 Å². The molecule has 0 unspecified atom stereocenters. The molecule has 1 aliphatic heterocycles. The summed E-state index contributed by atoms with van der Waals surface area (Å²) in [6.45, 7) is 12.0. The molecule has 0 radical (unpaired) electrons. The van der Waals surface area contributed by atoms with Crippen LogP contribution in [0.1, 0.15) is 44.6 Å². The Morgan fingerprint density at radius 3 is 2.24 bits per heavy atom. The summed E-state index contributed by atoms with van der Waals surface area (Å²) in [7, 11) is -0.517. The SMILES string of the molecule is Cc1nn(Cc2ccc(F)cc2F)c(C)c1B1OC(C)(C)C(C)(C)O1. The van der Waals surface area contributed by atoms with E-state index in [0.717, 1.165) is 22.9 Å². The maximum atomic E-state index is 13.9. The number of rotatable bonds is 3. The second-order valence-electron chi connectivity index (χ2n) is 7.57. The summed E-state index contributed by atoms with van der Waals surface area (Å²) in [4.78, 5) is 0. The Balaban J connectivity index is 1.92. The number of benzene rings is 1. The van der Waals surface area contributed by atoms with Crippen LogP contribution in [-0.4, -0.2) is 28.1 Å². The lowest BCUT2D eigenvalue weighted by Crippen LogP contribution is -2.41. The van der Waals surface area contributed by atoms with Crippen molar-refractivity contribution in [2.75, 3.05) is 0 Å². The lowest BCUT2D eigenvalue weighted by molar-refractivity contribution is 0.00578. The zero-order valence-electron chi connectivity index (χ0n) is 15.5. The van der Waals surface area contributed by atoms with Crippen LogP contribution in [-0.2, 0) is 15.9 Å². The molecule has 134 valence electrons. The fourth-order valence-electron chi connectivity index (χ4n) is 2.98. The summed E-state index contributed by atoms with van der Waals surface area (Å²) in [5.41, 5.74) is 1.98. The van der Waals surface area contributed by atoms with Crippen LogP contribution in [0.15, 0.2) is 18.2 Å². The minimum atomic E-state index is -0.590. The molecule has 1 fully saturated rings. The standard InChI is InChI=1S/C18H23BF2N2O2/c1-11-16(19-24-17(3,4)18(5,6)25-19)12(2)23(22-11)10-13-7-8-14(20)9-15(13)21/h7-9H,10H2,1-6H3. The predicted molar refractivity (Wildman–Crippen MR) is 92.9 cm³/mol. The van der Waals surface area contributed by atoms with Crippen molar-refractivity contribution in [3.05, 3.63) is 46.8 Å². The first-order chi connectivity index (χ1) is 11.5. The molecule has 0 spiro atoms. The monoisotopic (exact) mass is 348 g/mol. The van der Waals surface area contributed by atoms with Gasteiger partial charge in [-0.15, -0.1) is 0 Å². The lowest BCUT2D eigenvalue weighted by atomic mass is 9.77. The van der Waals surface area contributed by atoms with Crippen LogP contribution in [0.4, 0.5) is 8.78 Å². The van der Waals surface area contributed by atoms with Crippen LogP contribution in [0.5, 0.6) is 0 Å². The number of aryl methyl sites for hydroxylation is 1. The number of hydrogen-bond acceptors (Lipinski definition) is 3. The Hall–Kier alpha value is -1.73. The molecule has 2 aromatic rings. The average molecular weight is 348 g/mol. The van der Waals surface area contributed by atoms with Crippen LogP contribution >= 0.6 is 0 Å². The Bertz CT molecular complexity index is 802. The van der Waals surface area contributed by atoms with E-state index in [2.05, 4.69) is 5.10 Å². The smallest absolute Gasteiger partial charge is 0.399 e. The van der Waals surface area contributed by atoms with Gasteiger partial charge in [-0.2, -0.15) is 5.10 Å². The van der Waals surface area contributed by atoms with E-state index in [1.165, 1.54) is 12.1 Å². The zero-order valence-corrected chi connectivity index (χ0v) is 15.5. The molecule has 1 aromatic heterocycles. The van der Waals surface area contributed by atoms with Crippen LogP contribution in [0.3, 0.4) is 0 Å². The second kappa shape index (κ2) is 5.92. The summed E-state index contributed by atoms with van der Waals surface area (Å²) in [5, 5.41) is 4.51. The first-order valence-corrected chi connectivity index (χ1v) is 8.35. The molecular weight excluding hydrogens is 325 g/mol. The van der Waals surface area contributed by atoms with Gasteiger partial charge in [-0.25, -0.2) is 8.78 Å². The number of hydrogen-bond donors (Lipinski definition) is 0. The molecule has 1 aliphatic rings. The summed E-state index contributed by atoms with van der Waals surface area (Å²) < 4.78 is 41.0. The summed E-state index contributed by atoms with van der Waals surface area (Å²) in [5.74, 6) is -1.17. The number of halogens is 2. The molecule has 0 bridgehead atoms. The second-order valence-corrected chi connectivity index (χ2v) is 7.57. The third-order valence-corrected chi connectivity index (χ3v) is 5.26. The van der Waals surface area contributed by atoms with Gasteiger partial charge in [0.2, 0.25) is 0 Å². The fourth-order valence-corrected chi connectivity index (χ4v) is 2.98. The Labute approximate surface area is 147 Å². The van der Waals surface area contributed by atoms with Crippen molar-refractivity contribution in [2.45, 2.75) is 59.3 Å². The summed E-state index contributed by atoms with van der Waals surface area (Å²) >= 11 is 0. The quantitative estimate of drug-likeness (QED) is 0.800. The molecule has 7 heteroatoms. The van der Waals surface area contributed by atoms with Crippen molar-refractivity contribution in [1.29, 1.82) is 0 Å². The first-order valence-electron chi connectivity index (χ1n) is 8.35. The van der Waals surface area contributed by atoms with E-state index in [9.17, 15) is 8.78 Å². The van der Waals surface area contributed by atoms with E-state index in [-0.39, 0.29) is 6.54 Å². The van der Waals surface area contributed by atoms with Gasteiger partial charge in [0.1, 0.15) is 11.6 Å². The van der Waals surface area contributed by atoms with Crippen molar-refractivity contribution in [1.82, 2.24) is 9.78 Å². The fraction of sp³-hybridized carbons (Fsp3) is 0.500. The largest absolute Gasteiger partial charge is 0.498 e. The highest BCUT2D eigenvalue weighted by atomic mass is 19.1. The molecule has 4 nitrogen and oxygen atoms in total. The van der Waals surface area contributed by atoms with E-state index in [1.54, 1.807) is 4.68 Å². The van der Waals surface area contributed by atoms with E-state index >= 15 is 0 Å². The van der Waals surface area contributed by atoms with Gasteiger partial charge in [0, 0.05) is 22.8 Å². The predicted octanol–water partition coefficient (Wildman–Crippen LogP) is 3.13. The average Bonchev–Trinajstić information content (AvgIpc) is 2.86. The molecule has 3 rings (SSSR count). The van der Waals surface area contributed by atoms with Crippen molar-refractivity contribution in [2.24, 2.45) is 0 Å². The van der Waals surface area contributed by atoms with Gasteiger partial charge >= 0.3 is 7.12 Å². The molecule has 0 saturated carbocycles. The molecule has 0 aliphatic carbocycles. The maximum absolute atomic E-state index is 13.9. The third-order valence-electron chi connectivity index (χ3n) is 5.26. The van der Waals surface area contributed by atoms with Crippen molar-refractivity contribution in [3.8, 4) is 0 Å². The highest BCUT2D eigenvalue weighted by molar-refractivity contribution is 6.63. The van der Waals surface area contributed by atoms with E-state index in [1.807, 2.05) is 41.5 Å². The van der Waals surface area contributed by atoms with Gasteiger partial charge in [0.05, 0.1) is 23.4 Å². The minimum Gasteiger partial charge on any atom is -0.399 e. The molecule has 0 amide bonds. The van der Waals surface area contributed by atoms with Crippen LogP contribution in [0.2, 0.25) is 0 Å². The molecule has 0 atom stereocenters. The molecule has 1 aromatic carbocycles. The van der Waals surface area contributed by atoms with E-state index in [4.69, 9.17) is 9.31 Å². The summed E-state index contributed by atoms with van der Waals surface area (Å²) in [6, 6.07) is 3.57. The third kappa shape index (κ3) is 3.11. The van der Waals surface area contributed by atoms with Crippen molar-refractivity contribution < 1.29 is 18.1 Å². The highest BCUT2D eigenvalue weighted by Crippen LogP contribution is 2.36. The van der Waals surface area contributed by atoms with Crippen LogP contribution in [0, 0.1) is 25.5 Å². The van der Waals surface area contributed by atoms with Gasteiger partial charge in [0.25, 0.3) is 0 Å². The minimum absolute atomic E-state index is 0.221. The topological polar surface area (TPSA) is 36.3 Å². The van der Waals surface area contributed by atoms with Crippen molar-refractivity contribution >= 4 is 12.6 Å².